The Hall–Kier alpha value is -2.79. The van der Waals surface area contributed by atoms with Gasteiger partial charge in [0.2, 0.25) is 0 Å². The Kier molecular flexibility index (Phi) is 6.09. The van der Waals surface area contributed by atoms with Crippen LogP contribution < -0.4 is 10.2 Å². The molecule has 0 spiro atoms. The van der Waals surface area contributed by atoms with Gasteiger partial charge in [-0.2, -0.15) is 5.10 Å². The molecule has 1 fully saturated rings. The van der Waals surface area contributed by atoms with Crippen LogP contribution in [0.5, 0.6) is 0 Å². The number of hydrogen-bond acceptors (Lipinski definition) is 3. The summed E-state index contributed by atoms with van der Waals surface area (Å²) >= 11 is 6.51. The average Bonchev–Trinajstić information content (AvgIpc) is 3.03. The minimum absolute atomic E-state index is 0.239. The maximum Gasteiger partial charge on any atom is 0.260 e. The molecule has 6 heteroatoms. The van der Waals surface area contributed by atoms with E-state index in [1.807, 2.05) is 49.4 Å². The Morgan fingerprint density at radius 2 is 1.77 bits per heavy atom. The molecule has 0 atom stereocenters. The molecule has 1 aliphatic heterocycles. The van der Waals surface area contributed by atoms with Crippen LogP contribution in [0.25, 0.3) is 0 Å². The van der Waals surface area contributed by atoms with E-state index in [1.165, 1.54) is 18.5 Å². The monoisotopic (exact) mass is 422 g/mol. The standard InChI is InChI=1S/C24H27ClN4O/c1-17-12-14-28(15-13-17)21-10-8-20(9-11-21)26-24(30)22-18(2)27-29(23(22)25)16-19-6-4-3-5-7-19/h3-11,17H,12-16H2,1-2H3,(H,26,30). The highest BCUT2D eigenvalue weighted by molar-refractivity contribution is 6.33. The first-order valence-corrected chi connectivity index (χ1v) is 10.8. The molecule has 2 heterocycles. The van der Waals surface area contributed by atoms with Crippen molar-refractivity contribution in [2.45, 2.75) is 33.2 Å². The molecule has 0 radical (unpaired) electrons. The van der Waals surface area contributed by atoms with Crippen LogP contribution in [0.15, 0.2) is 54.6 Å². The summed E-state index contributed by atoms with van der Waals surface area (Å²) in [6, 6.07) is 18.0. The highest BCUT2D eigenvalue weighted by atomic mass is 35.5. The van der Waals surface area contributed by atoms with Crippen molar-refractivity contribution in [3.63, 3.8) is 0 Å². The normalized spacial score (nSPS) is 14.7. The number of anilines is 2. The van der Waals surface area contributed by atoms with Gasteiger partial charge in [-0.15, -0.1) is 0 Å². The molecular weight excluding hydrogens is 396 g/mol. The first-order chi connectivity index (χ1) is 14.5. The molecule has 1 N–H and O–H groups in total. The van der Waals surface area contributed by atoms with E-state index in [0.29, 0.717) is 23.0 Å². The zero-order valence-corrected chi connectivity index (χ0v) is 18.2. The summed E-state index contributed by atoms with van der Waals surface area (Å²) in [6.07, 6.45) is 2.45. The number of carbonyl (C=O) groups is 1. The van der Waals surface area contributed by atoms with Crippen LogP contribution in [0.2, 0.25) is 5.15 Å². The number of aromatic nitrogens is 2. The van der Waals surface area contributed by atoms with E-state index in [-0.39, 0.29) is 5.91 Å². The van der Waals surface area contributed by atoms with Crippen LogP contribution >= 0.6 is 11.6 Å². The Labute approximate surface area is 182 Å². The lowest BCUT2D eigenvalue weighted by Gasteiger charge is -2.32. The molecule has 0 bridgehead atoms. The van der Waals surface area contributed by atoms with Gasteiger partial charge in [-0.05, 0) is 55.5 Å². The molecular formula is C24H27ClN4O. The summed E-state index contributed by atoms with van der Waals surface area (Å²) in [5, 5.41) is 7.78. The second kappa shape index (κ2) is 8.92. The molecule has 1 amide bonds. The van der Waals surface area contributed by atoms with Gasteiger partial charge in [-0.1, -0.05) is 48.9 Å². The number of piperidine rings is 1. The summed E-state index contributed by atoms with van der Waals surface area (Å²) in [6.45, 7) is 6.81. The van der Waals surface area contributed by atoms with Crippen LogP contribution in [0.3, 0.4) is 0 Å². The number of benzene rings is 2. The molecule has 0 unspecified atom stereocenters. The molecule has 3 aromatic rings. The Balaban J connectivity index is 1.45. The summed E-state index contributed by atoms with van der Waals surface area (Å²) < 4.78 is 1.67. The minimum atomic E-state index is -0.239. The Bertz CT molecular complexity index is 1010. The lowest BCUT2D eigenvalue weighted by molar-refractivity contribution is 0.102. The van der Waals surface area contributed by atoms with Crippen LogP contribution in [0, 0.1) is 12.8 Å². The molecule has 1 aliphatic rings. The summed E-state index contributed by atoms with van der Waals surface area (Å²) in [5.74, 6) is 0.562. The molecule has 156 valence electrons. The fourth-order valence-electron chi connectivity index (χ4n) is 3.89. The number of nitrogens with one attached hydrogen (secondary N) is 1. The van der Waals surface area contributed by atoms with Crippen LogP contribution in [-0.2, 0) is 6.54 Å². The minimum Gasteiger partial charge on any atom is -0.372 e. The summed E-state index contributed by atoms with van der Waals surface area (Å²) in [7, 11) is 0. The number of hydrogen-bond donors (Lipinski definition) is 1. The molecule has 0 aliphatic carbocycles. The molecule has 5 nitrogen and oxygen atoms in total. The number of aryl methyl sites for hydroxylation is 1. The van der Waals surface area contributed by atoms with Crippen molar-refractivity contribution in [1.29, 1.82) is 0 Å². The van der Waals surface area contributed by atoms with Gasteiger partial charge in [-0.25, -0.2) is 4.68 Å². The van der Waals surface area contributed by atoms with Gasteiger partial charge in [0.05, 0.1) is 17.8 Å². The van der Waals surface area contributed by atoms with Crippen molar-refractivity contribution in [3.8, 4) is 0 Å². The molecule has 1 aromatic heterocycles. The maximum absolute atomic E-state index is 12.9. The number of nitrogens with zero attached hydrogens (tertiary/aromatic N) is 3. The zero-order valence-electron chi connectivity index (χ0n) is 17.4. The maximum atomic E-state index is 12.9. The molecule has 4 rings (SSSR count). The van der Waals surface area contributed by atoms with Crippen LogP contribution in [-0.4, -0.2) is 28.8 Å². The van der Waals surface area contributed by atoms with E-state index in [1.54, 1.807) is 4.68 Å². The topological polar surface area (TPSA) is 50.2 Å². The van der Waals surface area contributed by atoms with E-state index in [9.17, 15) is 4.79 Å². The number of carbonyl (C=O) groups excluding carboxylic acids is 1. The molecule has 30 heavy (non-hydrogen) atoms. The lowest BCUT2D eigenvalue weighted by atomic mass is 9.99. The van der Waals surface area contributed by atoms with Crippen molar-refractivity contribution >= 4 is 28.9 Å². The van der Waals surface area contributed by atoms with Gasteiger partial charge >= 0.3 is 0 Å². The zero-order chi connectivity index (χ0) is 21.1. The van der Waals surface area contributed by atoms with Crippen molar-refractivity contribution < 1.29 is 4.79 Å². The Morgan fingerprint density at radius 1 is 1.10 bits per heavy atom. The van der Waals surface area contributed by atoms with Crippen molar-refractivity contribution in [2.24, 2.45) is 5.92 Å². The van der Waals surface area contributed by atoms with Crippen molar-refractivity contribution in [3.05, 3.63) is 76.6 Å². The van der Waals surface area contributed by atoms with Crippen LogP contribution in [0.1, 0.15) is 41.4 Å². The van der Waals surface area contributed by atoms with Crippen molar-refractivity contribution in [1.82, 2.24) is 9.78 Å². The van der Waals surface area contributed by atoms with Gasteiger partial charge in [-0.3, -0.25) is 4.79 Å². The second-order valence-corrected chi connectivity index (χ2v) is 8.42. The van der Waals surface area contributed by atoms with E-state index in [4.69, 9.17) is 11.6 Å². The van der Waals surface area contributed by atoms with Gasteiger partial charge in [0, 0.05) is 24.5 Å². The van der Waals surface area contributed by atoms with Gasteiger partial charge in [0.25, 0.3) is 5.91 Å². The predicted molar refractivity (Wildman–Crippen MR) is 123 cm³/mol. The first kappa shape index (κ1) is 20.5. The van der Waals surface area contributed by atoms with E-state index in [0.717, 1.165) is 30.3 Å². The van der Waals surface area contributed by atoms with Gasteiger partial charge < -0.3 is 10.2 Å². The first-order valence-electron chi connectivity index (χ1n) is 10.4. The summed E-state index contributed by atoms with van der Waals surface area (Å²) in [5.41, 5.74) is 4.07. The number of halogens is 1. The third-order valence-electron chi connectivity index (χ3n) is 5.74. The van der Waals surface area contributed by atoms with Crippen LogP contribution in [0.4, 0.5) is 11.4 Å². The lowest BCUT2D eigenvalue weighted by Crippen LogP contribution is -2.32. The van der Waals surface area contributed by atoms with E-state index < -0.39 is 0 Å². The van der Waals surface area contributed by atoms with E-state index >= 15 is 0 Å². The highest BCUT2D eigenvalue weighted by Gasteiger charge is 2.21. The largest absolute Gasteiger partial charge is 0.372 e. The number of amides is 1. The summed E-state index contributed by atoms with van der Waals surface area (Å²) in [4.78, 5) is 15.3. The Morgan fingerprint density at radius 3 is 2.43 bits per heavy atom. The quantitative estimate of drug-likeness (QED) is 0.600. The molecule has 2 aromatic carbocycles. The third-order valence-corrected chi connectivity index (χ3v) is 6.13. The molecule has 0 saturated carbocycles. The second-order valence-electron chi connectivity index (χ2n) is 8.07. The van der Waals surface area contributed by atoms with Crippen molar-refractivity contribution in [2.75, 3.05) is 23.3 Å². The highest BCUT2D eigenvalue weighted by Crippen LogP contribution is 2.26. The van der Waals surface area contributed by atoms with E-state index in [2.05, 4.69) is 34.4 Å². The SMILES string of the molecule is Cc1nn(Cc2ccccc2)c(Cl)c1C(=O)Nc1ccc(N2CCC(C)CC2)cc1. The van der Waals surface area contributed by atoms with Gasteiger partial charge in [0.1, 0.15) is 5.15 Å². The fraction of sp³-hybridized carbons (Fsp3) is 0.333. The molecule has 1 saturated heterocycles. The third kappa shape index (κ3) is 4.51. The average molecular weight is 423 g/mol. The number of rotatable bonds is 5. The smallest absolute Gasteiger partial charge is 0.260 e. The van der Waals surface area contributed by atoms with Gasteiger partial charge in [0.15, 0.2) is 0 Å². The fourth-order valence-corrected chi connectivity index (χ4v) is 4.21. The predicted octanol–water partition coefficient (Wildman–Crippen LogP) is 5.38.